The maximum atomic E-state index is 11.9. The van der Waals surface area contributed by atoms with Crippen molar-refractivity contribution in [3.8, 4) is 0 Å². The Labute approximate surface area is 125 Å². The number of carbonyl (C=O) groups excluding carboxylic acids is 1. The summed E-state index contributed by atoms with van der Waals surface area (Å²) >= 11 is 0. The first kappa shape index (κ1) is 15.8. The van der Waals surface area contributed by atoms with Crippen LogP contribution < -0.4 is 5.73 Å². The van der Waals surface area contributed by atoms with Crippen molar-refractivity contribution in [1.29, 1.82) is 0 Å². The molecule has 2 N–H and O–H groups in total. The van der Waals surface area contributed by atoms with E-state index in [1.165, 1.54) is 0 Å². The van der Waals surface area contributed by atoms with Gasteiger partial charge < -0.3 is 10.5 Å². The van der Waals surface area contributed by atoms with E-state index in [0.29, 0.717) is 6.42 Å². The van der Waals surface area contributed by atoms with Crippen LogP contribution in [0.15, 0.2) is 18.2 Å². The standard InChI is InChI=1S/C13H15N3O6/c14-12-3-1-2-11(12)13(17)22-7-8-4-9(15(18)19)6-10(5-8)16(20)21/h4-6,11-12H,1-3,7,14H2/t11-,12+/m0/s1. The van der Waals surface area contributed by atoms with Crippen molar-refractivity contribution in [3.05, 3.63) is 44.0 Å². The van der Waals surface area contributed by atoms with Crippen molar-refractivity contribution in [2.45, 2.75) is 31.9 Å². The Morgan fingerprint density at radius 3 is 2.23 bits per heavy atom. The molecule has 22 heavy (non-hydrogen) atoms. The van der Waals surface area contributed by atoms with E-state index in [9.17, 15) is 25.0 Å². The van der Waals surface area contributed by atoms with E-state index in [2.05, 4.69) is 0 Å². The second-order valence-corrected chi connectivity index (χ2v) is 5.18. The molecule has 1 saturated carbocycles. The number of nitro groups is 2. The zero-order valence-electron chi connectivity index (χ0n) is 11.6. The monoisotopic (exact) mass is 309 g/mol. The van der Waals surface area contributed by atoms with Gasteiger partial charge in [0, 0.05) is 23.7 Å². The summed E-state index contributed by atoms with van der Waals surface area (Å²) in [5.41, 5.74) is 5.15. The Morgan fingerprint density at radius 2 is 1.77 bits per heavy atom. The minimum Gasteiger partial charge on any atom is -0.461 e. The number of hydrogen-bond acceptors (Lipinski definition) is 7. The number of rotatable bonds is 5. The van der Waals surface area contributed by atoms with Gasteiger partial charge in [-0.2, -0.15) is 0 Å². The second-order valence-electron chi connectivity index (χ2n) is 5.18. The minimum atomic E-state index is -0.731. The molecule has 0 saturated heterocycles. The quantitative estimate of drug-likeness (QED) is 0.495. The van der Waals surface area contributed by atoms with E-state index < -0.39 is 27.2 Å². The number of nitrogens with two attached hydrogens (primary N) is 1. The van der Waals surface area contributed by atoms with E-state index in [1.807, 2.05) is 0 Å². The van der Waals surface area contributed by atoms with Crippen LogP contribution in [0.1, 0.15) is 24.8 Å². The fourth-order valence-corrected chi connectivity index (χ4v) is 2.49. The summed E-state index contributed by atoms with van der Waals surface area (Å²) in [4.78, 5) is 32.0. The average molecular weight is 309 g/mol. The van der Waals surface area contributed by atoms with Crippen molar-refractivity contribution in [1.82, 2.24) is 0 Å². The van der Waals surface area contributed by atoms with Crippen molar-refractivity contribution in [3.63, 3.8) is 0 Å². The van der Waals surface area contributed by atoms with Crippen LogP contribution in [-0.2, 0) is 16.1 Å². The largest absolute Gasteiger partial charge is 0.461 e. The molecule has 1 aliphatic carbocycles. The minimum absolute atomic E-state index is 0.195. The molecule has 0 bridgehead atoms. The molecule has 0 radical (unpaired) electrons. The normalized spacial score (nSPS) is 20.6. The molecule has 0 aromatic heterocycles. The lowest BCUT2D eigenvalue weighted by Crippen LogP contribution is -2.31. The van der Waals surface area contributed by atoms with Crippen molar-refractivity contribution in [2.75, 3.05) is 0 Å². The molecule has 0 aliphatic heterocycles. The maximum absolute atomic E-state index is 11.9. The molecule has 0 unspecified atom stereocenters. The highest BCUT2D eigenvalue weighted by Gasteiger charge is 2.31. The zero-order chi connectivity index (χ0) is 16.3. The van der Waals surface area contributed by atoms with Gasteiger partial charge in [0.2, 0.25) is 0 Å². The number of non-ortho nitro benzene ring substituents is 2. The molecule has 1 aliphatic rings. The summed E-state index contributed by atoms with van der Waals surface area (Å²) in [6, 6.07) is 2.91. The number of benzene rings is 1. The molecule has 0 heterocycles. The van der Waals surface area contributed by atoms with Crippen molar-refractivity contribution in [2.24, 2.45) is 11.7 Å². The Morgan fingerprint density at radius 1 is 1.18 bits per heavy atom. The number of esters is 1. The third kappa shape index (κ3) is 3.55. The lowest BCUT2D eigenvalue weighted by molar-refractivity contribution is -0.394. The fourth-order valence-electron chi connectivity index (χ4n) is 2.49. The SMILES string of the molecule is N[C@@H]1CCC[C@@H]1C(=O)OCc1cc([N+](=O)[O-])cc([N+](=O)[O-])c1. The molecule has 9 heteroatoms. The van der Waals surface area contributed by atoms with Crippen LogP contribution in [0.3, 0.4) is 0 Å². The zero-order valence-corrected chi connectivity index (χ0v) is 11.6. The van der Waals surface area contributed by atoms with Crippen LogP contribution in [0.25, 0.3) is 0 Å². The van der Waals surface area contributed by atoms with Crippen LogP contribution in [-0.4, -0.2) is 21.9 Å². The van der Waals surface area contributed by atoms with Gasteiger partial charge in [0.15, 0.2) is 0 Å². The fraction of sp³-hybridized carbons (Fsp3) is 0.462. The summed E-state index contributed by atoms with van der Waals surface area (Å²) < 4.78 is 5.09. The Bertz CT molecular complexity index is 586. The smallest absolute Gasteiger partial charge is 0.310 e. The first-order valence-corrected chi connectivity index (χ1v) is 6.73. The molecule has 118 valence electrons. The molecule has 9 nitrogen and oxygen atoms in total. The Balaban J connectivity index is 2.10. The molecule has 1 fully saturated rings. The highest BCUT2D eigenvalue weighted by molar-refractivity contribution is 5.73. The van der Waals surface area contributed by atoms with E-state index in [1.54, 1.807) is 0 Å². The van der Waals surface area contributed by atoms with Crippen LogP contribution >= 0.6 is 0 Å². The molecular weight excluding hydrogens is 294 g/mol. The van der Waals surface area contributed by atoms with Crippen LogP contribution in [0, 0.1) is 26.1 Å². The summed E-state index contributed by atoms with van der Waals surface area (Å²) in [6.07, 6.45) is 2.25. The lowest BCUT2D eigenvalue weighted by Gasteiger charge is -2.14. The maximum Gasteiger partial charge on any atom is 0.310 e. The third-order valence-electron chi connectivity index (χ3n) is 3.64. The molecule has 0 spiro atoms. The molecule has 1 aromatic rings. The molecule has 1 aromatic carbocycles. The van der Waals surface area contributed by atoms with Gasteiger partial charge in [0.1, 0.15) is 6.61 Å². The third-order valence-corrected chi connectivity index (χ3v) is 3.64. The summed E-state index contributed by atoms with van der Waals surface area (Å²) in [6.45, 7) is -0.259. The lowest BCUT2D eigenvalue weighted by atomic mass is 10.1. The number of ether oxygens (including phenoxy) is 1. The highest BCUT2D eigenvalue weighted by atomic mass is 16.6. The van der Waals surface area contributed by atoms with E-state index in [-0.39, 0.29) is 24.1 Å². The second kappa shape index (κ2) is 6.48. The van der Waals surface area contributed by atoms with Gasteiger partial charge in [0.25, 0.3) is 11.4 Å². The highest BCUT2D eigenvalue weighted by Crippen LogP contribution is 2.27. The van der Waals surface area contributed by atoms with Gasteiger partial charge >= 0.3 is 5.97 Å². The van der Waals surface area contributed by atoms with Crippen LogP contribution in [0.5, 0.6) is 0 Å². The summed E-state index contributed by atoms with van der Waals surface area (Å²) in [7, 11) is 0. The topological polar surface area (TPSA) is 139 Å². The molecular formula is C13H15N3O6. The van der Waals surface area contributed by atoms with Gasteiger partial charge in [-0.1, -0.05) is 6.42 Å². The number of carbonyl (C=O) groups is 1. The van der Waals surface area contributed by atoms with Gasteiger partial charge in [0.05, 0.1) is 21.8 Å². The van der Waals surface area contributed by atoms with Gasteiger partial charge in [-0.3, -0.25) is 25.0 Å². The average Bonchev–Trinajstić information content (AvgIpc) is 2.90. The van der Waals surface area contributed by atoms with E-state index in [4.69, 9.17) is 10.5 Å². The first-order chi connectivity index (χ1) is 10.4. The predicted molar refractivity (Wildman–Crippen MR) is 74.9 cm³/mol. The Kier molecular flexibility index (Phi) is 4.66. The molecule has 2 atom stereocenters. The summed E-state index contributed by atoms with van der Waals surface area (Å²) in [5, 5.41) is 21.6. The van der Waals surface area contributed by atoms with Crippen LogP contribution in [0.2, 0.25) is 0 Å². The van der Waals surface area contributed by atoms with Crippen molar-refractivity contribution >= 4 is 17.3 Å². The number of hydrogen-bond donors (Lipinski definition) is 1. The number of nitrogens with zero attached hydrogens (tertiary/aromatic N) is 2. The van der Waals surface area contributed by atoms with E-state index in [0.717, 1.165) is 31.0 Å². The van der Waals surface area contributed by atoms with Crippen molar-refractivity contribution < 1.29 is 19.4 Å². The molecule has 0 amide bonds. The van der Waals surface area contributed by atoms with Gasteiger partial charge in [-0.25, -0.2) is 0 Å². The Hall–Kier alpha value is -2.55. The summed E-state index contributed by atoms with van der Waals surface area (Å²) in [5.74, 6) is -0.854. The van der Waals surface area contributed by atoms with E-state index >= 15 is 0 Å². The first-order valence-electron chi connectivity index (χ1n) is 6.73. The molecule has 2 rings (SSSR count). The predicted octanol–water partition coefficient (Wildman–Crippen LogP) is 1.67. The van der Waals surface area contributed by atoms with Gasteiger partial charge in [-0.15, -0.1) is 0 Å². The van der Waals surface area contributed by atoms with Gasteiger partial charge in [-0.05, 0) is 12.8 Å². The number of nitro benzene ring substituents is 2. The van der Waals surface area contributed by atoms with Crippen LogP contribution in [0.4, 0.5) is 11.4 Å².